The molecule has 2 aromatic rings. The van der Waals surface area contributed by atoms with E-state index in [0.29, 0.717) is 31.7 Å². The summed E-state index contributed by atoms with van der Waals surface area (Å²) in [6, 6.07) is 12.8. The molecule has 1 heterocycles. The Balaban J connectivity index is 1.40. The molecule has 1 aliphatic rings. The van der Waals surface area contributed by atoms with Crippen LogP contribution >= 0.6 is 0 Å². The van der Waals surface area contributed by atoms with E-state index in [0.717, 1.165) is 16.8 Å². The number of para-hydroxylation sites is 1. The fourth-order valence-electron chi connectivity index (χ4n) is 3.88. The summed E-state index contributed by atoms with van der Waals surface area (Å²) in [7, 11) is 0. The first kappa shape index (κ1) is 26.8. The molecule has 3 rings (SSSR count). The maximum absolute atomic E-state index is 12.5. The lowest BCUT2D eigenvalue weighted by atomic mass is 10.1. The number of hydrogen-bond donors (Lipinski definition) is 3. The highest BCUT2D eigenvalue weighted by Crippen LogP contribution is 2.19. The smallest absolute Gasteiger partial charge is 0.331 e. The van der Waals surface area contributed by atoms with Crippen molar-refractivity contribution in [2.75, 3.05) is 51.3 Å². The number of anilines is 1. The second kappa shape index (κ2) is 12.8. The van der Waals surface area contributed by atoms with Gasteiger partial charge in [-0.05, 0) is 37.1 Å². The van der Waals surface area contributed by atoms with Gasteiger partial charge in [0.15, 0.2) is 12.6 Å². The minimum absolute atomic E-state index is 0.117. The highest BCUT2D eigenvalue weighted by Gasteiger charge is 2.26. The number of rotatable bonds is 9. The van der Waals surface area contributed by atoms with Gasteiger partial charge in [-0.3, -0.25) is 19.3 Å². The fourth-order valence-corrected chi connectivity index (χ4v) is 3.88. The Morgan fingerprint density at radius 1 is 0.944 bits per heavy atom. The second-order valence-corrected chi connectivity index (χ2v) is 8.65. The topological polar surface area (TPSA) is 128 Å². The molecular weight excluding hydrogens is 464 g/mol. The predicted molar refractivity (Wildman–Crippen MR) is 133 cm³/mol. The van der Waals surface area contributed by atoms with Gasteiger partial charge in [-0.2, -0.15) is 0 Å². The number of aliphatic hydroxyl groups excluding tert-OH is 1. The van der Waals surface area contributed by atoms with Crippen LogP contribution in [-0.2, 0) is 19.1 Å². The molecule has 10 nitrogen and oxygen atoms in total. The van der Waals surface area contributed by atoms with Crippen molar-refractivity contribution in [3.63, 3.8) is 0 Å². The number of aliphatic hydroxyl groups is 1. The first-order chi connectivity index (χ1) is 17.3. The summed E-state index contributed by atoms with van der Waals surface area (Å²) in [5, 5.41) is 14.8. The predicted octanol–water partition coefficient (Wildman–Crippen LogP) is 0.720. The number of carbonyl (C=O) groups excluding carboxylic acids is 4. The summed E-state index contributed by atoms with van der Waals surface area (Å²) < 4.78 is 5.04. The molecule has 1 fully saturated rings. The van der Waals surface area contributed by atoms with Crippen LogP contribution in [0.4, 0.5) is 5.69 Å². The Hall–Kier alpha value is -3.76. The van der Waals surface area contributed by atoms with Crippen LogP contribution in [0, 0.1) is 13.8 Å². The molecule has 0 radical (unpaired) electrons. The zero-order valence-electron chi connectivity index (χ0n) is 20.5. The SMILES string of the molecule is Cc1cccc(C)c1NC(=O)CN1CCN(C(=O)COC(=O)C(CO)NC(=O)c2ccccc2)CC1. The number of aryl methyl sites for hydroxylation is 2. The molecule has 192 valence electrons. The minimum Gasteiger partial charge on any atom is -0.454 e. The average molecular weight is 497 g/mol. The lowest BCUT2D eigenvalue weighted by Gasteiger charge is -2.34. The fraction of sp³-hybridized carbons (Fsp3) is 0.385. The van der Waals surface area contributed by atoms with E-state index >= 15 is 0 Å². The van der Waals surface area contributed by atoms with Crippen LogP contribution in [0.25, 0.3) is 0 Å². The van der Waals surface area contributed by atoms with Crippen molar-refractivity contribution in [3.8, 4) is 0 Å². The van der Waals surface area contributed by atoms with Crippen LogP contribution in [0.2, 0.25) is 0 Å². The molecule has 0 aromatic heterocycles. The third-order valence-corrected chi connectivity index (χ3v) is 5.98. The van der Waals surface area contributed by atoms with E-state index < -0.39 is 31.1 Å². The number of esters is 1. The molecule has 1 aliphatic heterocycles. The molecule has 0 spiro atoms. The number of ether oxygens (including phenoxy) is 1. The molecule has 2 aromatic carbocycles. The summed E-state index contributed by atoms with van der Waals surface area (Å²) in [6.07, 6.45) is 0. The van der Waals surface area contributed by atoms with Crippen molar-refractivity contribution in [3.05, 3.63) is 65.2 Å². The molecule has 1 saturated heterocycles. The zero-order valence-corrected chi connectivity index (χ0v) is 20.5. The Labute approximate surface area is 210 Å². The Morgan fingerprint density at radius 2 is 1.58 bits per heavy atom. The Kier molecular flexibility index (Phi) is 9.54. The number of benzene rings is 2. The van der Waals surface area contributed by atoms with Gasteiger partial charge in [-0.1, -0.05) is 36.4 Å². The van der Waals surface area contributed by atoms with Crippen LogP contribution in [0.1, 0.15) is 21.5 Å². The van der Waals surface area contributed by atoms with E-state index in [4.69, 9.17) is 4.74 Å². The van der Waals surface area contributed by atoms with Crippen LogP contribution in [0.5, 0.6) is 0 Å². The van der Waals surface area contributed by atoms with Gasteiger partial charge in [0.1, 0.15) is 0 Å². The maximum Gasteiger partial charge on any atom is 0.331 e. The van der Waals surface area contributed by atoms with E-state index in [1.807, 2.05) is 36.9 Å². The van der Waals surface area contributed by atoms with Gasteiger partial charge >= 0.3 is 5.97 Å². The quantitative estimate of drug-likeness (QED) is 0.437. The van der Waals surface area contributed by atoms with Gasteiger partial charge in [0.05, 0.1) is 13.2 Å². The van der Waals surface area contributed by atoms with Gasteiger partial charge < -0.3 is 25.4 Å². The molecule has 36 heavy (non-hydrogen) atoms. The van der Waals surface area contributed by atoms with E-state index in [1.54, 1.807) is 35.2 Å². The van der Waals surface area contributed by atoms with Gasteiger partial charge in [-0.25, -0.2) is 4.79 Å². The molecule has 1 atom stereocenters. The normalized spacial score (nSPS) is 14.6. The Bertz CT molecular complexity index is 1060. The molecule has 0 bridgehead atoms. The van der Waals surface area contributed by atoms with E-state index in [1.165, 1.54) is 0 Å². The van der Waals surface area contributed by atoms with Crippen molar-refractivity contribution < 1.29 is 29.0 Å². The minimum atomic E-state index is -1.28. The van der Waals surface area contributed by atoms with E-state index in [9.17, 15) is 24.3 Å². The number of carbonyl (C=O) groups is 4. The molecule has 10 heteroatoms. The standard InChI is InChI=1S/C26H32N4O6/c1-18-7-6-8-19(2)24(18)28-22(32)15-29-11-13-30(14-12-29)23(33)17-36-26(35)21(16-31)27-25(34)20-9-4-3-5-10-20/h3-10,21,31H,11-17H2,1-2H3,(H,27,34)(H,28,32). The number of amides is 3. The lowest BCUT2D eigenvalue weighted by molar-refractivity contribution is -0.155. The number of nitrogens with one attached hydrogen (secondary N) is 2. The maximum atomic E-state index is 12.5. The summed E-state index contributed by atoms with van der Waals surface area (Å²) in [5.74, 6) is -1.92. The van der Waals surface area contributed by atoms with Gasteiger partial charge in [0, 0.05) is 37.4 Å². The van der Waals surface area contributed by atoms with Gasteiger partial charge in [0.25, 0.3) is 11.8 Å². The summed E-state index contributed by atoms with van der Waals surface area (Å²) in [6.45, 7) is 4.74. The van der Waals surface area contributed by atoms with Crippen LogP contribution in [0.3, 0.4) is 0 Å². The highest BCUT2D eigenvalue weighted by atomic mass is 16.5. The van der Waals surface area contributed by atoms with Gasteiger partial charge in [0.2, 0.25) is 5.91 Å². The third-order valence-electron chi connectivity index (χ3n) is 5.98. The first-order valence-corrected chi connectivity index (χ1v) is 11.8. The van der Waals surface area contributed by atoms with Crippen LogP contribution in [-0.4, -0.2) is 90.6 Å². The van der Waals surface area contributed by atoms with Crippen LogP contribution < -0.4 is 10.6 Å². The number of hydrogen-bond acceptors (Lipinski definition) is 7. The lowest BCUT2D eigenvalue weighted by Crippen LogP contribution is -2.51. The second-order valence-electron chi connectivity index (χ2n) is 8.65. The van der Waals surface area contributed by atoms with Crippen LogP contribution in [0.15, 0.2) is 48.5 Å². The van der Waals surface area contributed by atoms with Crippen molar-refractivity contribution in [1.29, 1.82) is 0 Å². The van der Waals surface area contributed by atoms with Crippen molar-refractivity contribution in [2.24, 2.45) is 0 Å². The largest absolute Gasteiger partial charge is 0.454 e. The zero-order chi connectivity index (χ0) is 26.1. The molecular formula is C26H32N4O6. The summed E-state index contributed by atoms with van der Waals surface area (Å²) >= 11 is 0. The summed E-state index contributed by atoms with van der Waals surface area (Å²) in [4.78, 5) is 53.0. The molecule has 0 aliphatic carbocycles. The van der Waals surface area contributed by atoms with Gasteiger partial charge in [-0.15, -0.1) is 0 Å². The first-order valence-electron chi connectivity index (χ1n) is 11.8. The average Bonchev–Trinajstić information content (AvgIpc) is 2.88. The number of piperazine rings is 1. The molecule has 3 amide bonds. The van der Waals surface area contributed by atoms with Crippen molar-refractivity contribution in [1.82, 2.24) is 15.1 Å². The molecule has 0 saturated carbocycles. The van der Waals surface area contributed by atoms with Crippen molar-refractivity contribution >= 4 is 29.4 Å². The monoisotopic (exact) mass is 496 g/mol. The van der Waals surface area contributed by atoms with Crippen molar-refractivity contribution in [2.45, 2.75) is 19.9 Å². The third kappa shape index (κ3) is 7.37. The molecule has 1 unspecified atom stereocenters. The number of nitrogens with zero attached hydrogens (tertiary/aromatic N) is 2. The van der Waals surface area contributed by atoms with E-state index in [2.05, 4.69) is 10.6 Å². The molecule has 3 N–H and O–H groups in total. The summed E-state index contributed by atoms with van der Waals surface area (Å²) in [5.41, 5.74) is 3.15. The highest BCUT2D eigenvalue weighted by molar-refractivity contribution is 5.97. The van der Waals surface area contributed by atoms with E-state index in [-0.39, 0.29) is 18.4 Å². The Morgan fingerprint density at radius 3 is 2.19 bits per heavy atom.